The summed E-state index contributed by atoms with van der Waals surface area (Å²) in [4.78, 5) is 40.4. The van der Waals surface area contributed by atoms with Crippen LogP contribution in [0.4, 0.5) is 10.5 Å². The Kier molecular flexibility index (Phi) is 4.33. The van der Waals surface area contributed by atoms with Gasteiger partial charge in [0.2, 0.25) is 0 Å². The summed E-state index contributed by atoms with van der Waals surface area (Å²) in [7, 11) is 0. The Morgan fingerprint density at radius 3 is 2.50 bits per heavy atom. The number of benzene rings is 2. The molecule has 0 radical (unpaired) electrons. The number of H-pyrrole nitrogens is 1. The molecule has 1 aliphatic rings. The quantitative estimate of drug-likeness (QED) is 0.438. The van der Waals surface area contributed by atoms with Crippen molar-refractivity contribution in [2.75, 3.05) is 4.90 Å². The first-order chi connectivity index (χ1) is 13.4. The average Bonchev–Trinajstić information content (AvgIpc) is 3.13. The SMILES string of the molecule is O=C(O)c1[nH]c2cc(Cl)cc(Cl)c2c1C=C1NC(=O)N(c2ccccc2)C1=O. The van der Waals surface area contributed by atoms with Crippen molar-refractivity contribution in [1.29, 1.82) is 0 Å². The lowest BCUT2D eigenvalue weighted by atomic mass is 10.1. The summed E-state index contributed by atoms with van der Waals surface area (Å²) >= 11 is 12.2. The van der Waals surface area contributed by atoms with Gasteiger partial charge in [0.15, 0.2) is 0 Å². The van der Waals surface area contributed by atoms with Gasteiger partial charge < -0.3 is 15.4 Å². The molecule has 2 aromatic carbocycles. The Morgan fingerprint density at radius 2 is 1.82 bits per heavy atom. The second kappa shape index (κ2) is 6.70. The third kappa shape index (κ3) is 2.90. The largest absolute Gasteiger partial charge is 0.477 e. The number of amides is 3. The van der Waals surface area contributed by atoms with Crippen LogP contribution in [0.25, 0.3) is 17.0 Å². The van der Waals surface area contributed by atoms with Crippen LogP contribution in [0.15, 0.2) is 48.2 Å². The number of fused-ring (bicyclic) bond motifs is 1. The maximum Gasteiger partial charge on any atom is 0.352 e. The van der Waals surface area contributed by atoms with Crippen LogP contribution in [0.2, 0.25) is 10.0 Å². The lowest BCUT2D eigenvalue weighted by molar-refractivity contribution is -0.113. The van der Waals surface area contributed by atoms with Gasteiger partial charge in [-0.3, -0.25) is 4.79 Å². The Balaban J connectivity index is 1.87. The summed E-state index contributed by atoms with van der Waals surface area (Å²) in [5.41, 5.74) is 0.729. The van der Waals surface area contributed by atoms with Gasteiger partial charge in [0, 0.05) is 21.5 Å². The fourth-order valence-corrected chi connectivity index (χ4v) is 3.67. The van der Waals surface area contributed by atoms with Gasteiger partial charge in [-0.1, -0.05) is 41.4 Å². The molecule has 1 saturated heterocycles. The number of hydrogen-bond acceptors (Lipinski definition) is 3. The van der Waals surface area contributed by atoms with Crippen molar-refractivity contribution < 1.29 is 19.5 Å². The first-order valence-electron chi connectivity index (χ1n) is 8.03. The van der Waals surface area contributed by atoms with Crippen LogP contribution < -0.4 is 10.2 Å². The van der Waals surface area contributed by atoms with Crippen molar-refractivity contribution in [3.05, 3.63) is 69.5 Å². The third-order valence-corrected chi connectivity index (χ3v) is 4.76. The van der Waals surface area contributed by atoms with Crippen molar-refractivity contribution in [3.63, 3.8) is 0 Å². The number of carbonyl (C=O) groups excluding carboxylic acids is 2. The molecule has 3 N–H and O–H groups in total. The zero-order valence-electron chi connectivity index (χ0n) is 14.0. The lowest BCUT2D eigenvalue weighted by Gasteiger charge is -2.10. The minimum atomic E-state index is -1.24. The number of carboxylic acid groups (broad SMARTS) is 1. The number of halogens is 2. The molecule has 1 aromatic heterocycles. The van der Waals surface area contributed by atoms with Gasteiger partial charge in [-0.05, 0) is 30.3 Å². The minimum Gasteiger partial charge on any atom is -0.477 e. The Labute approximate surface area is 168 Å². The number of hydrogen-bond donors (Lipinski definition) is 3. The van der Waals surface area contributed by atoms with E-state index in [-0.39, 0.29) is 22.0 Å². The van der Waals surface area contributed by atoms with Crippen LogP contribution in [-0.2, 0) is 4.79 Å². The molecule has 0 atom stereocenters. The number of para-hydroxylation sites is 1. The molecule has 140 valence electrons. The summed E-state index contributed by atoms with van der Waals surface area (Å²) in [6.07, 6.45) is 1.30. The lowest BCUT2D eigenvalue weighted by Crippen LogP contribution is -2.30. The van der Waals surface area contributed by atoms with E-state index < -0.39 is 17.9 Å². The molecule has 3 amide bonds. The molecule has 0 bridgehead atoms. The van der Waals surface area contributed by atoms with Crippen molar-refractivity contribution in [1.82, 2.24) is 10.3 Å². The molecule has 0 aliphatic carbocycles. The second-order valence-corrected chi connectivity index (χ2v) is 6.84. The van der Waals surface area contributed by atoms with E-state index in [1.54, 1.807) is 30.3 Å². The average molecular weight is 416 g/mol. The van der Waals surface area contributed by atoms with Crippen LogP contribution in [-0.4, -0.2) is 28.0 Å². The van der Waals surface area contributed by atoms with Crippen LogP contribution in [0.3, 0.4) is 0 Å². The number of carbonyl (C=O) groups is 3. The molecule has 3 aromatic rings. The second-order valence-electron chi connectivity index (χ2n) is 5.99. The minimum absolute atomic E-state index is 0.0664. The van der Waals surface area contributed by atoms with E-state index in [0.717, 1.165) is 4.90 Å². The van der Waals surface area contributed by atoms with Crippen molar-refractivity contribution >= 4 is 63.8 Å². The number of anilines is 1. The summed E-state index contributed by atoms with van der Waals surface area (Å²) in [6, 6.07) is 10.8. The summed E-state index contributed by atoms with van der Waals surface area (Å²) < 4.78 is 0. The summed E-state index contributed by atoms with van der Waals surface area (Å²) in [5, 5.41) is 12.9. The van der Waals surface area contributed by atoms with Crippen molar-refractivity contribution in [2.24, 2.45) is 0 Å². The molecule has 9 heteroatoms. The van der Waals surface area contributed by atoms with E-state index in [9.17, 15) is 19.5 Å². The standard InChI is InChI=1S/C19H11Cl2N3O4/c20-9-6-12(21)15-11(16(18(26)27)22-13(15)7-9)8-14-17(25)24(19(28)23-14)10-4-2-1-3-5-10/h1-8,22H,(H,23,28)(H,26,27). The molecule has 2 heterocycles. The number of aromatic carboxylic acids is 1. The number of aromatic amines is 1. The van der Waals surface area contributed by atoms with E-state index in [1.807, 2.05) is 0 Å². The highest BCUT2D eigenvalue weighted by Gasteiger charge is 2.35. The topological polar surface area (TPSA) is 102 Å². The molecule has 0 unspecified atom stereocenters. The highest BCUT2D eigenvalue weighted by Crippen LogP contribution is 2.34. The molecule has 1 fully saturated rings. The highest BCUT2D eigenvalue weighted by atomic mass is 35.5. The number of aromatic nitrogens is 1. The molecule has 1 aliphatic heterocycles. The monoisotopic (exact) mass is 415 g/mol. The number of nitrogens with zero attached hydrogens (tertiary/aromatic N) is 1. The molecule has 28 heavy (non-hydrogen) atoms. The zero-order chi connectivity index (χ0) is 20.0. The molecule has 4 rings (SSSR count). The molecule has 0 spiro atoms. The third-order valence-electron chi connectivity index (χ3n) is 4.25. The maximum atomic E-state index is 12.8. The number of imide groups is 1. The van der Waals surface area contributed by atoms with E-state index in [4.69, 9.17) is 23.2 Å². The first kappa shape index (κ1) is 18.1. The van der Waals surface area contributed by atoms with Crippen LogP contribution >= 0.6 is 23.2 Å². The summed E-state index contributed by atoms with van der Waals surface area (Å²) in [5.74, 6) is -1.85. The molecular formula is C19H11Cl2N3O4. The molecule has 0 saturated carbocycles. The van der Waals surface area contributed by atoms with Crippen LogP contribution in [0, 0.1) is 0 Å². The van der Waals surface area contributed by atoms with Crippen molar-refractivity contribution in [3.8, 4) is 0 Å². The van der Waals surface area contributed by atoms with Crippen LogP contribution in [0.5, 0.6) is 0 Å². The van der Waals surface area contributed by atoms with Gasteiger partial charge in [0.25, 0.3) is 5.91 Å². The molecule has 7 nitrogen and oxygen atoms in total. The Bertz CT molecular complexity index is 1180. The normalized spacial score (nSPS) is 15.5. The van der Waals surface area contributed by atoms with Gasteiger partial charge >= 0.3 is 12.0 Å². The number of rotatable bonds is 3. The smallest absolute Gasteiger partial charge is 0.352 e. The number of urea groups is 1. The fraction of sp³-hybridized carbons (Fsp3) is 0. The maximum absolute atomic E-state index is 12.8. The Morgan fingerprint density at radius 1 is 1.11 bits per heavy atom. The predicted octanol–water partition coefficient (Wildman–Crippen LogP) is 4.27. The van der Waals surface area contributed by atoms with Gasteiger partial charge in [0.1, 0.15) is 11.4 Å². The van der Waals surface area contributed by atoms with Gasteiger partial charge in [0.05, 0.1) is 10.7 Å². The summed E-state index contributed by atoms with van der Waals surface area (Å²) in [6.45, 7) is 0. The van der Waals surface area contributed by atoms with Gasteiger partial charge in [-0.25, -0.2) is 14.5 Å². The van der Waals surface area contributed by atoms with Gasteiger partial charge in [-0.15, -0.1) is 0 Å². The van der Waals surface area contributed by atoms with E-state index in [0.29, 0.717) is 21.6 Å². The van der Waals surface area contributed by atoms with Crippen LogP contribution in [0.1, 0.15) is 16.1 Å². The number of carboxylic acids is 1. The zero-order valence-corrected chi connectivity index (χ0v) is 15.5. The number of nitrogens with one attached hydrogen (secondary N) is 2. The fourth-order valence-electron chi connectivity index (χ4n) is 3.08. The van der Waals surface area contributed by atoms with E-state index in [2.05, 4.69) is 10.3 Å². The Hall–Kier alpha value is -3.29. The van der Waals surface area contributed by atoms with Gasteiger partial charge in [-0.2, -0.15) is 0 Å². The van der Waals surface area contributed by atoms with Crippen molar-refractivity contribution in [2.45, 2.75) is 0 Å². The highest BCUT2D eigenvalue weighted by molar-refractivity contribution is 6.39. The predicted molar refractivity (Wildman–Crippen MR) is 106 cm³/mol. The first-order valence-corrected chi connectivity index (χ1v) is 8.78. The van der Waals surface area contributed by atoms with E-state index in [1.165, 1.54) is 18.2 Å². The molecular weight excluding hydrogens is 405 g/mol. The van der Waals surface area contributed by atoms with E-state index >= 15 is 0 Å².